The summed E-state index contributed by atoms with van der Waals surface area (Å²) in [6, 6.07) is 7.85. The molecule has 1 saturated carbocycles. The van der Waals surface area contributed by atoms with Crippen molar-refractivity contribution in [3.63, 3.8) is 0 Å². The van der Waals surface area contributed by atoms with Gasteiger partial charge in [0.2, 0.25) is 0 Å². The summed E-state index contributed by atoms with van der Waals surface area (Å²) >= 11 is 0. The van der Waals surface area contributed by atoms with Crippen LogP contribution < -0.4 is 15.4 Å². The van der Waals surface area contributed by atoms with E-state index in [0.717, 1.165) is 24.3 Å². The number of benzene rings is 1. The molecular formula is C14H22N2O2. The van der Waals surface area contributed by atoms with Crippen LogP contribution in [0.1, 0.15) is 12.8 Å². The monoisotopic (exact) mass is 250 g/mol. The third-order valence-electron chi connectivity index (χ3n) is 3.71. The van der Waals surface area contributed by atoms with Crippen LogP contribution in [0.15, 0.2) is 24.3 Å². The number of hydrogen-bond donors (Lipinski definition) is 2. The molecule has 1 aliphatic rings. The van der Waals surface area contributed by atoms with Crippen LogP contribution in [0.3, 0.4) is 0 Å². The molecule has 0 amide bonds. The zero-order valence-corrected chi connectivity index (χ0v) is 11.1. The highest BCUT2D eigenvalue weighted by Crippen LogP contribution is 2.39. The summed E-state index contributed by atoms with van der Waals surface area (Å²) in [6.07, 6.45) is 2.24. The number of nitrogens with zero attached hydrogens (tertiary/aromatic N) is 1. The minimum absolute atomic E-state index is 0.0250. The highest BCUT2D eigenvalue weighted by atomic mass is 16.5. The van der Waals surface area contributed by atoms with Crippen molar-refractivity contribution in [2.24, 2.45) is 11.7 Å². The Morgan fingerprint density at radius 1 is 1.44 bits per heavy atom. The third kappa shape index (κ3) is 2.60. The molecule has 0 aromatic heterocycles. The summed E-state index contributed by atoms with van der Waals surface area (Å²) in [5, 5.41) is 9.54. The highest BCUT2D eigenvalue weighted by molar-refractivity contribution is 5.58. The van der Waals surface area contributed by atoms with Gasteiger partial charge in [-0.2, -0.15) is 0 Å². The molecule has 1 unspecified atom stereocenters. The zero-order chi connectivity index (χ0) is 13.2. The number of nitrogens with two attached hydrogens (primary N) is 1. The van der Waals surface area contributed by atoms with E-state index in [4.69, 9.17) is 10.5 Å². The van der Waals surface area contributed by atoms with Gasteiger partial charge in [0.1, 0.15) is 5.75 Å². The molecule has 4 nitrogen and oxygen atoms in total. The zero-order valence-electron chi connectivity index (χ0n) is 11.1. The van der Waals surface area contributed by atoms with Gasteiger partial charge in [0, 0.05) is 13.6 Å². The first kappa shape index (κ1) is 13.2. The van der Waals surface area contributed by atoms with Gasteiger partial charge in [0.25, 0.3) is 0 Å². The van der Waals surface area contributed by atoms with Crippen molar-refractivity contribution in [2.75, 3.05) is 32.2 Å². The first-order valence-electron chi connectivity index (χ1n) is 6.34. The summed E-state index contributed by atoms with van der Waals surface area (Å²) in [4.78, 5) is 2.06. The van der Waals surface area contributed by atoms with Crippen molar-refractivity contribution < 1.29 is 9.84 Å². The fourth-order valence-electron chi connectivity index (χ4n) is 2.44. The minimum atomic E-state index is -0.504. The van der Waals surface area contributed by atoms with Gasteiger partial charge >= 0.3 is 0 Å². The summed E-state index contributed by atoms with van der Waals surface area (Å²) in [5.41, 5.74) is 6.80. The van der Waals surface area contributed by atoms with E-state index in [-0.39, 0.29) is 6.61 Å². The molecule has 1 atom stereocenters. The lowest BCUT2D eigenvalue weighted by atomic mass is 9.95. The van der Waals surface area contributed by atoms with Crippen molar-refractivity contribution in [1.82, 2.24) is 0 Å². The van der Waals surface area contributed by atoms with Crippen LogP contribution in [0.5, 0.6) is 5.75 Å². The number of hydrogen-bond acceptors (Lipinski definition) is 4. The Hall–Kier alpha value is -1.26. The molecular weight excluding hydrogens is 228 g/mol. The number of para-hydroxylation sites is 2. The van der Waals surface area contributed by atoms with Crippen LogP contribution in [0.2, 0.25) is 0 Å². The van der Waals surface area contributed by atoms with Crippen LogP contribution >= 0.6 is 0 Å². The van der Waals surface area contributed by atoms with E-state index < -0.39 is 5.54 Å². The van der Waals surface area contributed by atoms with E-state index >= 15 is 0 Å². The first-order chi connectivity index (χ1) is 8.60. The average molecular weight is 250 g/mol. The Kier molecular flexibility index (Phi) is 3.78. The van der Waals surface area contributed by atoms with Crippen LogP contribution in [0, 0.1) is 5.92 Å². The molecule has 0 bridgehead atoms. The van der Waals surface area contributed by atoms with E-state index in [0.29, 0.717) is 12.5 Å². The summed E-state index contributed by atoms with van der Waals surface area (Å²) in [5.74, 6) is 1.27. The van der Waals surface area contributed by atoms with Gasteiger partial charge in [-0.25, -0.2) is 0 Å². The predicted octanol–water partition coefficient (Wildman–Crippen LogP) is 1.23. The molecule has 4 heteroatoms. The maximum atomic E-state index is 9.54. The molecule has 0 radical (unpaired) electrons. The smallest absolute Gasteiger partial charge is 0.142 e. The molecule has 1 aliphatic carbocycles. The van der Waals surface area contributed by atoms with Gasteiger partial charge in [-0.05, 0) is 30.9 Å². The molecule has 1 fully saturated rings. The van der Waals surface area contributed by atoms with Crippen molar-refractivity contribution in [2.45, 2.75) is 18.4 Å². The number of likely N-dealkylation sites (N-methyl/N-ethyl adjacent to an activating group) is 1. The second-order valence-corrected chi connectivity index (χ2v) is 5.19. The number of anilines is 1. The molecule has 0 saturated heterocycles. The van der Waals surface area contributed by atoms with Crippen LogP contribution in [0.25, 0.3) is 0 Å². The topological polar surface area (TPSA) is 58.7 Å². The normalized spacial score (nSPS) is 18.2. The van der Waals surface area contributed by atoms with Gasteiger partial charge in [-0.1, -0.05) is 12.1 Å². The number of ether oxygens (including phenoxy) is 1. The van der Waals surface area contributed by atoms with E-state index in [1.807, 2.05) is 31.3 Å². The Morgan fingerprint density at radius 3 is 2.67 bits per heavy atom. The van der Waals surface area contributed by atoms with Gasteiger partial charge in [-0.15, -0.1) is 0 Å². The summed E-state index contributed by atoms with van der Waals surface area (Å²) in [6.45, 7) is 0.658. The Balaban J connectivity index is 2.13. The Labute approximate surface area is 108 Å². The molecule has 18 heavy (non-hydrogen) atoms. The Morgan fingerprint density at radius 2 is 2.11 bits per heavy atom. The van der Waals surface area contributed by atoms with Crippen molar-refractivity contribution in [3.8, 4) is 5.75 Å². The molecule has 0 aliphatic heterocycles. The largest absolute Gasteiger partial charge is 0.495 e. The van der Waals surface area contributed by atoms with Crippen LogP contribution in [0.4, 0.5) is 5.69 Å². The van der Waals surface area contributed by atoms with Gasteiger partial charge in [-0.3, -0.25) is 0 Å². The lowest BCUT2D eigenvalue weighted by Gasteiger charge is -2.33. The molecule has 3 N–H and O–H groups in total. The van der Waals surface area contributed by atoms with Crippen LogP contribution in [-0.2, 0) is 0 Å². The second-order valence-electron chi connectivity index (χ2n) is 5.19. The minimum Gasteiger partial charge on any atom is -0.495 e. The molecule has 0 spiro atoms. The first-order valence-corrected chi connectivity index (χ1v) is 6.34. The average Bonchev–Trinajstić information content (AvgIpc) is 3.23. The van der Waals surface area contributed by atoms with Gasteiger partial charge < -0.3 is 20.5 Å². The van der Waals surface area contributed by atoms with E-state index in [9.17, 15) is 5.11 Å². The van der Waals surface area contributed by atoms with Crippen molar-refractivity contribution in [3.05, 3.63) is 24.3 Å². The predicted molar refractivity (Wildman–Crippen MR) is 73.0 cm³/mol. The standard InChI is InChI=1S/C14H22N2O2/c1-16(9-14(15,10-17)11-7-8-11)12-5-3-4-6-13(12)18-2/h3-6,11,17H,7-10,15H2,1-2H3. The molecule has 100 valence electrons. The third-order valence-corrected chi connectivity index (χ3v) is 3.71. The fourth-order valence-corrected chi connectivity index (χ4v) is 2.44. The number of aliphatic hydroxyl groups excluding tert-OH is 1. The number of rotatable bonds is 6. The summed E-state index contributed by atoms with van der Waals surface area (Å²) < 4.78 is 5.35. The maximum Gasteiger partial charge on any atom is 0.142 e. The molecule has 1 aromatic carbocycles. The second kappa shape index (κ2) is 5.16. The lowest BCUT2D eigenvalue weighted by Crippen LogP contribution is -2.54. The van der Waals surface area contributed by atoms with E-state index in [1.54, 1.807) is 7.11 Å². The van der Waals surface area contributed by atoms with Crippen molar-refractivity contribution in [1.29, 1.82) is 0 Å². The van der Waals surface area contributed by atoms with Gasteiger partial charge in [0.15, 0.2) is 0 Å². The SMILES string of the molecule is COc1ccccc1N(C)CC(N)(CO)C1CC1. The molecule has 0 heterocycles. The Bertz CT molecular complexity index is 407. The van der Waals surface area contributed by atoms with Crippen LogP contribution in [-0.4, -0.2) is 38.0 Å². The van der Waals surface area contributed by atoms with Gasteiger partial charge in [0.05, 0.1) is 24.9 Å². The summed E-state index contributed by atoms with van der Waals surface area (Å²) in [7, 11) is 3.65. The lowest BCUT2D eigenvalue weighted by molar-refractivity contribution is 0.180. The van der Waals surface area contributed by atoms with Crippen molar-refractivity contribution >= 4 is 5.69 Å². The highest BCUT2D eigenvalue weighted by Gasteiger charge is 2.42. The van der Waals surface area contributed by atoms with E-state index in [2.05, 4.69) is 4.90 Å². The maximum absolute atomic E-state index is 9.54. The number of aliphatic hydroxyl groups is 1. The number of methoxy groups -OCH3 is 1. The quantitative estimate of drug-likeness (QED) is 0.797. The molecule has 1 aromatic rings. The fraction of sp³-hybridized carbons (Fsp3) is 0.571. The molecule has 2 rings (SSSR count). The van der Waals surface area contributed by atoms with E-state index in [1.165, 1.54) is 0 Å².